The van der Waals surface area contributed by atoms with Crippen molar-refractivity contribution >= 4 is 47.2 Å². The number of hydrogen-bond donors (Lipinski definition) is 2. The molecule has 0 aliphatic heterocycles. The van der Waals surface area contributed by atoms with Gasteiger partial charge in [-0.1, -0.05) is 50.2 Å². The molecule has 0 amide bonds. The molecule has 178 valence electrons. The van der Waals surface area contributed by atoms with Gasteiger partial charge in [0.25, 0.3) is 0 Å². The third kappa shape index (κ3) is 5.15. The van der Waals surface area contributed by atoms with Gasteiger partial charge in [0.05, 0.1) is 10.3 Å². The van der Waals surface area contributed by atoms with E-state index in [9.17, 15) is 13.2 Å². The van der Waals surface area contributed by atoms with Crippen LogP contribution in [0.25, 0.3) is 20.2 Å². The molecule has 1 aromatic heterocycles. The molecule has 0 aliphatic rings. The summed E-state index contributed by atoms with van der Waals surface area (Å²) >= 11 is 1.52. The van der Waals surface area contributed by atoms with E-state index in [1.165, 1.54) is 11.3 Å². The lowest BCUT2D eigenvalue weighted by molar-refractivity contribution is 0.316. The Balaban J connectivity index is 1.72. The number of nitrogens with zero attached hydrogens (tertiary/aromatic N) is 1. The van der Waals surface area contributed by atoms with Gasteiger partial charge < -0.3 is 10.2 Å². The molecule has 0 radical (unpaired) electrons. The fourth-order valence-electron chi connectivity index (χ4n) is 3.99. The third-order valence-electron chi connectivity index (χ3n) is 5.95. The van der Waals surface area contributed by atoms with E-state index in [2.05, 4.69) is 28.8 Å². The highest BCUT2D eigenvalue weighted by Gasteiger charge is 2.17. The van der Waals surface area contributed by atoms with Gasteiger partial charge in [-0.25, -0.2) is 13.1 Å². The van der Waals surface area contributed by atoms with E-state index in [1.807, 2.05) is 36.4 Å². The van der Waals surface area contributed by atoms with Crippen LogP contribution in [0.4, 0.5) is 5.69 Å². The van der Waals surface area contributed by atoms with Crippen LogP contribution >= 0.6 is 11.3 Å². The van der Waals surface area contributed by atoms with E-state index in [-0.39, 0.29) is 16.9 Å². The molecule has 0 unspecified atom stereocenters. The number of anilines is 1. The van der Waals surface area contributed by atoms with E-state index < -0.39 is 10.0 Å². The molecule has 1 heterocycles. The van der Waals surface area contributed by atoms with Crippen LogP contribution in [0.5, 0.6) is 0 Å². The van der Waals surface area contributed by atoms with Crippen molar-refractivity contribution in [3.05, 3.63) is 82.5 Å². The van der Waals surface area contributed by atoms with E-state index in [0.717, 1.165) is 40.3 Å². The lowest BCUT2D eigenvalue weighted by Gasteiger charge is -2.19. The Hall–Kier alpha value is -2.78. The highest BCUT2D eigenvalue weighted by atomic mass is 32.2. The zero-order chi connectivity index (χ0) is 24.1. The van der Waals surface area contributed by atoms with Gasteiger partial charge in [0.2, 0.25) is 10.0 Å². The summed E-state index contributed by atoms with van der Waals surface area (Å²) in [4.78, 5) is 16.0. The van der Waals surface area contributed by atoms with Crippen molar-refractivity contribution in [1.29, 1.82) is 0 Å². The van der Waals surface area contributed by atoms with Crippen LogP contribution in [-0.2, 0) is 16.6 Å². The molecule has 2 N–H and O–H groups in total. The van der Waals surface area contributed by atoms with E-state index >= 15 is 0 Å². The zero-order valence-corrected chi connectivity index (χ0v) is 21.0. The lowest BCUT2D eigenvalue weighted by Crippen LogP contribution is -2.28. The van der Waals surface area contributed by atoms with Gasteiger partial charge in [0.1, 0.15) is 0 Å². The molecule has 0 saturated carbocycles. The Morgan fingerprint density at radius 3 is 2.35 bits per heavy atom. The van der Waals surface area contributed by atoms with Crippen molar-refractivity contribution in [1.82, 2.24) is 9.62 Å². The predicted molar refractivity (Wildman–Crippen MR) is 142 cm³/mol. The van der Waals surface area contributed by atoms with Gasteiger partial charge in [0, 0.05) is 40.1 Å². The van der Waals surface area contributed by atoms with Gasteiger partial charge in [-0.3, -0.25) is 4.79 Å². The average Bonchev–Trinajstić information content (AvgIpc) is 2.86. The van der Waals surface area contributed by atoms with Gasteiger partial charge in [-0.05, 0) is 49.0 Å². The minimum atomic E-state index is -3.66. The monoisotopic (exact) mass is 495 g/mol. The molecule has 8 heteroatoms. The van der Waals surface area contributed by atoms with Crippen LogP contribution in [0, 0.1) is 0 Å². The fraction of sp³-hybridized carbons (Fsp3) is 0.269. The topological polar surface area (TPSA) is 78.5 Å². The number of benzene rings is 3. The van der Waals surface area contributed by atoms with Crippen molar-refractivity contribution in [2.24, 2.45) is 0 Å². The van der Waals surface area contributed by atoms with Crippen molar-refractivity contribution in [3.8, 4) is 0 Å². The minimum absolute atomic E-state index is 0.0394. The summed E-state index contributed by atoms with van der Waals surface area (Å²) in [5.41, 5.74) is 1.52. The van der Waals surface area contributed by atoms with Gasteiger partial charge in [-0.15, -0.1) is 11.3 Å². The fourth-order valence-corrected chi connectivity index (χ4v) is 6.23. The highest BCUT2D eigenvalue weighted by molar-refractivity contribution is 7.89. The SMILES string of the molecule is CCN(CC)CCNc1ccc(CNS(=O)(=O)c2ccccc2)c2sc3ccccc3c(=O)c12. The average molecular weight is 496 g/mol. The number of hydrogen-bond acceptors (Lipinski definition) is 6. The van der Waals surface area contributed by atoms with Crippen molar-refractivity contribution in [2.75, 3.05) is 31.5 Å². The Bertz CT molecular complexity index is 1450. The molecule has 3 aromatic carbocycles. The maximum Gasteiger partial charge on any atom is 0.240 e. The summed E-state index contributed by atoms with van der Waals surface area (Å²) in [5.74, 6) is 0. The standard InChI is InChI=1S/C26H29N3O3S2/c1-3-29(4-2)17-16-27-22-15-14-19(18-28-34(31,32)20-10-6-5-7-11-20)26-24(22)25(30)21-12-8-9-13-23(21)33-26/h5-15,27-28H,3-4,16-18H2,1-2H3. The second-order valence-electron chi connectivity index (χ2n) is 7.99. The summed E-state index contributed by atoms with van der Waals surface area (Å²) < 4.78 is 29.9. The first-order valence-electron chi connectivity index (χ1n) is 11.4. The molecular weight excluding hydrogens is 466 g/mol. The summed E-state index contributed by atoms with van der Waals surface area (Å²) in [7, 11) is -3.66. The van der Waals surface area contributed by atoms with Crippen LogP contribution < -0.4 is 15.5 Å². The molecule has 0 saturated heterocycles. The number of likely N-dealkylation sites (N-methyl/N-ethyl adjacent to an activating group) is 1. The summed E-state index contributed by atoms with van der Waals surface area (Å²) in [6.45, 7) is 7.90. The summed E-state index contributed by atoms with van der Waals surface area (Å²) in [6.07, 6.45) is 0. The Labute approximate surface area is 204 Å². The molecule has 4 rings (SSSR count). The minimum Gasteiger partial charge on any atom is -0.383 e. The van der Waals surface area contributed by atoms with Gasteiger partial charge in [-0.2, -0.15) is 0 Å². The van der Waals surface area contributed by atoms with Crippen LogP contribution in [0.2, 0.25) is 0 Å². The number of nitrogens with one attached hydrogen (secondary N) is 2. The van der Waals surface area contributed by atoms with Crippen LogP contribution in [0.3, 0.4) is 0 Å². The van der Waals surface area contributed by atoms with Gasteiger partial charge >= 0.3 is 0 Å². The molecule has 0 spiro atoms. The molecule has 0 bridgehead atoms. The second kappa shape index (κ2) is 10.7. The predicted octanol–water partition coefficient (Wildman–Crippen LogP) is 4.65. The lowest BCUT2D eigenvalue weighted by atomic mass is 10.1. The van der Waals surface area contributed by atoms with Gasteiger partial charge in [0.15, 0.2) is 5.43 Å². The van der Waals surface area contributed by atoms with Crippen molar-refractivity contribution < 1.29 is 8.42 Å². The zero-order valence-electron chi connectivity index (χ0n) is 19.4. The summed E-state index contributed by atoms with van der Waals surface area (Å²) in [5, 5.41) is 4.73. The van der Waals surface area contributed by atoms with Crippen LogP contribution in [0.15, 0.2) is 76.4 Å². The molecule has 0 fully saturated rings. The maximum absolute atomic E-state index is 13.5. The smallest absolute Gasteiger partial charge is 0.240 e. The first-order chi connectivity index (χ1) is 16.4. The molecule has 0 aliphatic carbocycles. The molecule has 34 heavy (non-hydrogen) atoms. The number of sulfonamides is 1. The largest absolute Gasteiger partial charge is 0.383 e. The van der Waals surface area contributed by atoms with E-state index in [0.29, 0.717) is 17.3 Å². The number of fused-ring (bicyclic) bond motifs is 2. The van der Waals surface area contributed by atoms with Crippen LogP contribution in [0.1, 0.15) is 19.4 Å². The first kappa shape index (κ1) is 24.3. The molecular formula is C26H29N3O3S2. The third-order valence-corrected chi connectivity index (χ3v) is 8.62. The molecule has 0 atom stereocenters. The Morgan fingerprint density at radius 2 is 1.62 bits per heavy atom. The quantitative estimate of drug-likeness (QED) is 0.313. The first-order valence-corrected chi connectivity index (χ1v) is 13.7. The molecule has 6 nitrogen and oxygen atoms in total. The Kier molecular flexibility index (Phi) is 7.63. The van der Waals surface area contributed by atoms with E-state index in [1.54, 1.807) is 30.3 Å². The van der Waals surface area contributed by atoms with E-state index in [4.69, 9.17) is 0 Å². The van der Waals surface area contributed by atoms with Crippen molar-refractivity contribution in [3.63, 3.8) is 0 Å². The number of rotatable bonds is 10. The molecule has 4 aromatic rings. The summed E-state index contributed by atoms with van der Waals surface area (Å²) in [6, 6.07) is 19.6. The normalized spacial score (nSPS) is 12.0. The second-order valence-corrected chi connectivity index (χ2v) is 10.8. The highest BCUT2D eigenvalue weighted by Crippen LogP contribution is 2.32. The Morgan fingerprint density at radius 1 is 0.912 bits per heavy atom. The maximum atomic E-state index is 13.5. The van der Waals surface area contributed by atoms with Crippen molar-refractivity contribution in [2.45, 2.75) is 25.3 Å². The van der Waals surface area contributed by atoms with Crippen LogP contribution in [-0.4, -0.2) is 39.5 Å².